The minimum absolute atomic E-state index is 0.104. The third-order valence-corrected chi connectivity index (χ3v) is 6.17. The second kappa shape index (κ2) is 9.80. The van der Waals surface area contributed by atoms with Crippen molar-refractivity contribution in [1.29, 1.82) is 0 Å². The van der Waals surface area contributed by atoms with Crippen LogP contribution in [0.25, 0.3) is 11.0 Å². The highest BCUT2D eigenvalue weighted by Crippen LogP contribution is 2.27. The molecule has 3 heterocycles. The van der Waals surface area contributed by atoms with Crippen LogP contribution in [0.3, 0.4) is 0 Å². The van der Waals surface area contributed by atoms with Crippen molar-refractivity contribution in [3.63, 3.8) is 0 Å². The fraction of sp³-hybridized carbons (Fsp3) is 0.440. The molecule has 2 atom stereocenters. The third-order valence-electron chi connectivity index (χ3n) is 6.17. The Bertz CT molecular complexity index is 1210. The molecule has 0 radical (unpaired) electrons. The molecular formula is C25H33N5O3. The standard InChI is InChI=1S/C25H33N5O3/c1-17(2)9-11-30-23(28-10-5-7-19(26)14-28)13-21-24(30)25(32)29(16-27-21)15-22(31)18-6-4-8-20(12-18)33-3/h4,6,8-9,12-13,16,19,22,31H,5,7,10-11,14-15,26H2,1-3H3. The van der Waals surface area contributed by atoms with Crippen LogP contribution < -0.4 is 20.9 Å². The summed E-state index contributed by atoms with van der Waals surface area (Å²) in [4.78, 5) is 20.4. The molecule has 176 valence electrons. The van der Waals surface area contributed by atoms with Crippen molar-refractivity contribution in [2.45, 2.75) is 51.9 Å². The lowest BCUT2D eigenvalue weighted by atomic mass is 10.1. The zero-order chi connectivity index (χ0) is 23.5. The Morgan fingerprint density at radius 3 is 2.91 bits per heavy atom. The summed E-state index contributed by atoms with van der Waals surface area (Å²) < 4.78 is 8.77. The van der Waals surface area contributed by atoms with Crippen LogP contribution >= 0.6 is 0 Å². The van der Waals surface area contributed by atoms with E-state index in [9.17, 15) is 9.90 Å². The van der Waals surface area contributed by atoms with E-state index in [0.29, 0.717) is 28.9 Å². The minimum atomic E-state index is -0.863. The van der Waals surface area contributed by atoms with E-state index in [4.69, 9.17) is 10.5 Å². The van der Waals surface area contributed by atoms with Crippen LogP contribution in [0.2, 0.25) is 0 Å². The zero-order valence-electron chi connectivity index (χ0n) is 19.6. The molecule has 1 aliphatic heterocycles. The maximum absolute atomic E-state index is 13.5. The molecule has 1 fully saturated rings. The van der Waals surface area contributed by atoms with Gasteiger partial charge in [0.25, 0.3) is 5.56 Å². The SMILES string of the molecule is COc1cccc(C(O)Cn2cnc3cc(N4CCCC(N)C4)n(CC=C(C)C)c3c2=O)c1. The number of hydrogen-bond acceptors (Lipinski definition) is 6. The number of nitrogens with two attached hydrogens (primary N) is 1. The smallest absolute Gasteiger partial charge is 0.278 e. The number of anilines is 1. The van der Waals surface area contributed by atoms with Gasteiger partial charge in [0.1, 0.15) is 17.1 Å². The number of nitrogens with zero attached hydrogens (tertiary/aromatic N) is 4. The number of methoxy groups -OCH3 is 1. The van der Waals surface area contributed by atoms with Crippen molar-refractivity contribution in [3.05, 3.63) is 64.2 Å². The van der Waals surface area contributed by atoms with Crippen molar-refractivity contribution in [3.8, 4) is 5.75 Å². The minimum Gasteiger partial charge on any atom is -0.497 e. The van der Waals surface area contributed by atoms with Gasteiger partial charge in [0, 0.05) is 31.7 Å². The van der Waals surface area contributed by atoms with Crippen molar-refractivity contribution < 1.29 is 9.84 Å². The van der Waals surface area contributed by atoms with Gasteiger partial charge in [-0.3, -0.25) is 9.36 Å². The van der Waals surface area contributed by atoms with Crippen LogP contribution in [0.1, 0.15) is 38.4 Å². The van der Waals surface area contributed by atoms with Crippen LogP contribution in [-0.2, 0) is 13.1 Å². The second-order valence-electron chi connectivity index (χ2n) is 8.97. The van der Waals surface area contributed by atoms with E-state index in [0.717, 1.165) is 31.7 Å². The summed E-state index contributed by atoms with van der Waals surface area (Å²) in [5, 5.41) is 10.8. The summed E-state index contributed by atoms with van der Waals surface area (Å²) in [5.41, 5.74) is 9.12. The zero-order valence-corrected chi connectivity index (χ0v) is 19.6. The van der Waals surface area contributed by atoms with Gasteiger partial charge in [-0.15, -0.1) is 0 Å². The molecule has 1 aromatic carbocycles. The Labute approximate surface area is 193 Å². The summed E-state index contributed by atoms with van der Waals surface area (Å²) >= 11 is 0. The molecular weight excluding hydrogens is 418 g/mol. The number of hydrogen-bond donors (Lipinski definition) is 2. The summed E-state index contributed by atoms with van der Waals surface area (Å²) in [6.45, 7) is 6.43. The van der Waals surface area contributed by atoms with Crippen LogP contribution in [0.4, 0.5) is 5.82 Å². The van der Waals surface area contributed by atoms with E-state index < -0.39 is 6.10 Å². The molecule has 4 rings (SSSR count). The molecule has 0 aliphatic carbocycles. The Kier molecular flexibility index (Phi) is 6.85. The average molecular weight is 452 g/mol. The van der Waals surface area contributed by atoms with Gasteiger partial charge in [-0.2, -0.15) is 0 Å². The number of piperidine rings is 1. The largest absolute Gasteiger partial charge is 0.497 e. The molecule has 0 spiro atoms. The fourth-order valence-corrected chi connectivity index (χ4v) is 4.37. The first kappa shape index (κ1) is 23.1. The number of benzene rings is 1. The van der Waals surface area contributed by atoms with Gasteiger partial charge < -0.3 is 25.0 Å². The van der Waals surface area contributed by atoms with E-state index in [2.05, 4.69) is 16.0 Å². The van der Waals surface area contributed by atoms with Crippen molar-refractivity contribution in [2.24, 2.45) is 5.73 Å². The van der Waals surface area contributed by atoms with Gasteiger partial charge in [-0.1, -0.05) is 23.8 Å². The third kappa shape index (κ3) is 4.96. The van der Waals surface area contributed by atoms with Crippen molar-refractivity contribution in [2.75, 3.05) is 25.1 Å². The van der Waals surface area contributed by atoms with Crippen LogP contribution in [0.15, 0.2) is 53.1 Å². The molecule has 3 aromatic rings. The predicted octanol–water partition coefficient (Wildman–Crippen LogP) is 2.83. The van der Waals surface area contributed by atoms with E-state index in [1.54, 1.807) is 13.2 Å². The van der Waals surface area contributed by atoms with Gasteiger partial charge in [0.15, 0.2) is 0 Å². The first-order valence-corrected chi connectivity index (χ1v) is 11.4. The summed E-state index contributed by atoms with van der Waals surface area (Å²) in [5.74, 6) is 1.63. The lowest BCUT2D eigenvalue weighted by Crippen LogP contribution is -2.43. The number of rotatable bonds is 7. The topological polar surface area (TPSA) is 98.5 Å². The summed E-state index contributed by atoms with van der Waals surface area (Å²) in [6.07, 6.45) is 4.80. The van der Waals surface area contributed by atoms with E-state index in [-0.39, 0.29) is 18.1 Å². The number of aliphatic hydroxyl groups excluding tert-OH is 1. The Hall–Kier alpha value is -3.10. The molecule has 1 aliphatic rings. The van der Waals surface area contributed by atoms with E-state index in [1.807, 2.05) is 42.7 Å². The Balaban J connectivity index is 1.74. The lowest BCUT2D eigenvalue weighted by molar-refractivity contribution is 0.154. The number of allylic oxidation sites excluding steroid dienone is 2. The lowest BCUT2D eigenvalue weighted by Gasteiger charge is -2.33. The van der Waals surface area contributed by atoms with Crippen LogP contribution in [-0.4, -0.2) is 45.5 Å². The highest BCUT2D eigenvalue weighted by atomic mass is 16.5. The molecule has 8 heteroatoms. The summed E-state index contributed by atoms with van der Waals surface area (Å²) in [6, 6.07) is 9.34. The van der Waals surface area contributed by atoms with Crippen molar-refractivity contribution in [1.82, 2.24) is 14.1 Å². The van der Waals surface area contributed by atoms with Crippen LogP contribution in [0, 0.1) is 0 Å². The molecule has 0 bridgehead atoms. The second-order valence-corrected chi connectivity index (χ2v) is 8.97. The van der Waals surface area contributed by atoms with Crippen LogP contribution in [0.5, 0.6) is 5.75 Å². The van der Waals surface area contributed by atoms with Gasteiger partial charge in [-0.25, -0.2) is 4.98 Å². The molecule has 0 amide bonds. The fourth-order valence-electron chi connectivity index (χ4n) is 4.37. The highest BCUT2D eigenvalue weighted by molar-refractivity contribution is 5.81. The van der Waals surface area contributed by atoms with Gasteiger partial charge >= 0.3 is 0 Å². The molecule has 33 heavy (non-hydrogen) atoms. The molecule has 1 saturated heterocycles. The maximum atomic E-state index is 13.5. The molecule has 0 saturated carbocycles. The monoisotopic (exact) mass is 451 g/mol. The Morgan fingerprint density at radius 1 is 1.36 bits per heavy atom. The molecule has 2 aromatic heterocycles. The molecule has 2 unspecified atom stereocenters. The molecule has 8 nitrogen and oxygen atoms in total. The summed E-state index contributed by atoms with van der Waals surface area (Å²) in [7, 11) is 1.58. The van der Waals surface area contributed by atoms with Crippen molar-refractivity contribution >= 4 is 16.9 Å². The first-order chi connectivity index (χ1) is 15.9. The predicted molar refractivity (Wildman–Crippen MR) is 131 cm³/mol. The maximum Gasteiger partial charge on any atom is 0.278 e. The highest BCUT2D eigenvalue weighted by Gasteiger charge is 2.23. The quantitative estimate of drug-likeness (QED) is 0.536. The Morgan fingerprint density at radius 2 is 2.18 bits per heavy atom. The number of aromatic nitrogens is 3. The van der Waals surface area contributed by atoms with Gasteiger partial charge in [-0.05, 0) is 44.4 Å². The van der Waals surface area contributed by atoms with Gasteiger partial charge in [0.05, 0.1) is 31.6 Å². The molecule has 3 N–H and O–H groups in total. The van der Waals surface area contributed by atoms with E-state index in [1.165, 1.54) is 16.5 Å². The normalized spacial score (nSPS) is 17.2. The number of aliphatic hydroxyl groups is 1. The number of fused-ring (bicyclic) bond motifs is 1. The van der Waals surface area contributed by atoms with Gasteiger partial charge in [0.2, 0.25) is 0 Å². The average Bonchev–Trinajstić information content (AvgIpc) is 3.19. The number of ether oxygens (including phenoxy) is 1. The first-order valence-electron chi connectivity index (χ1n) is 11.4. The van der Waals surface area contributed by atoms with E-state index >= 15 is 0 Å².